The first kappa shape index (κ1) is 13.2. The van der Waals surface area contributed by atoms with Crippen molar-refractivity contribution in [1.29, 1.82) is 0 Å². The van der Waals surface area contributed by atoms with Gasteiger partial charge < -0.3 is 5.32 Å². The fraction of sp³-hybridized carbons (Fsp3) is 0.667. The Labute approximate surface area is 117 Å². The van der Waals surface area contributed by atoms with Gasteiger partial charge in [0.15, 0.2) is 0 Å². The van der Waals surface area contributed by atoms with E-state index >= 15 is 0 Å². The minimum atomic E-state index is 0.832. The third-order valence-electron chi connectivity index (χ3n) is 5.37. The minimum Gasteiger partial charge on any atom is -0.316 e. The summed E-state index contributed by atoms with van der Waals surface area (Å²) in [6.07, 6.45) is 8.27. The molecule has 3 unspecified atom stereocenters. The van der Waals surface area contributed by atoms with Gasteiger partial charge >= 0.3 is 0 Å². The van der Waals surface area contributed by atoms with E-state index in [2.05, 4.69) is 36.5 Å². The molecule has 104 valence electrons. The van der Waals surface area contributed by atoms with Crippen LogP contribution in [0.2, 0.25) is 0 Å². The molecule has 1 saturated heterocycles. The van der Waals surface area contributed by atoms with Crippen LogP contribution in [0.15, 0.2) is 24.3 Å². The van der Waals surface area contributed by atoms with Crippen LogP contribution in [0.1, 0.15) is 56.1 Å². The molecule has 1 aromatic carbocycles. The Kier molecular flexibility index (Phi) is 4.22. The lowest BCUT2D eigenvalue weighted by Gasteiger charge is -2.32. The quantitative estimate of drug-likeness (QED) is 0.858. The molecule has 1 aliphatic carbocycles. The summed E-state index contributed by atoms with van der Waals surface area (Å²) in [5.41, 5.74) is 3.28. The summed E-state index contributed by atoms with van der Waals surface area (Å²) in [5.74, 6) is 2.65. The standard InChI is InChI=1S/C18H27N/c1-14-11-12-19-13-17(14)10-9-16-7-4-6-15-5-2-3-8-18(15)16/h2-3,5,8,14,16-17,19H,4,6-7,9-13H2,1H3. The van der Waals surface area contributed by atoms with Crippen LogP contribution in [0.25, 0.3) is 0 Å². The van der Waals surface area contributed by atoms with Crippen LogP contribution in [0.5, 0.6) is 0 Å². The Hall–Kier alpha value is -0.820. The molecule has 19 heavy (non-hydrogen) atoms. The van der Waals surface area contributed by atoms with Crippen molar-refractivity contribution in [1.82, 2.24) is 5.32 Å². The minimum absolute atomic E-state index is 0.832. The van der Waals surface area contributed by atoms with E-state index in [-0.39, 0.29) is 0 Å². The van der Waals surface area contributed by atoms with Gasteiger partial charge in [-0.1, -0.05) is 31.2 Å². The van der Waals surface area contributed by atoms with Gasteiger partial charge in [0.05, 0.1) is 0 Å². The van der Waals surface area contributed by atoms with Crippen LogP contribution < -0.4 is 5.32 Å². The van der Waals surface area contributed by atoms with Gasteiger partial charge in [-0.15, -0.1) is 0 Å². The maximum atomic E-state index is 3.57. The highest BCUT2D eigenvalue weighted by Gasteiger charge is 2.24. The lowest BCUT2D eigenvalue weighted by Crippen LogP contribution is -2.35. The van der Waals surface area contributed by atoms with Crippen molar-refractivity contribution >= 4 is 0 Å². The van der Waals surface area contributed by atoms with E-state index in [9.17, 15) is 0 Å². The molecule has 0 spiro atoms. The summed E-state index contributed by atoms with van der Waals surface area (Å²) < 4.78 is 0. The second kappa shape index (κ2) is 6.09. The first-order chi connectivity index (χ1) is 9.34. The van der Waals surface area contributed by atoms with E-state index < -0.39 is 0 Å². The van der Waals surface area contributed by atoms with Crippen molar-refractivity contribution in [2.45, 2.75) is 51.4 Å². The lowest BCUT2D eigenvalue weighted by molar-refractivity contribution is 0.247. The molecule has 1 N–H and O–H groups in total. The van der Waals surface area contributed by atoms with Gasteiger partial charge in [-0.05, 0) is 80.5 Å². The molecule has 1 nitrogen and oxygen atoms in total. The molecular weight excluding hydrogens is 230 g/mol. The van der Waals surface area contributed by atoms with Crippen molar-refractivity contribution in [3.63, 3.8) is 0 Å². The van der Waals surface area contributed by atoms with E-state index in [0.29, 0.717) is 0 Å². The van der Waals surface area contributed by atoms with Gasteiger partial charge in [-0.3, -0.25) is 0 Å². The molecule has 0 aromatic heterocycles. The van der Waals surface area contributed by atoms with Crippen molar-refractivity contribution in [2.75, 3.05) is 13.1 Å². The number of rotatable bonds is 3. The van der Waals surface area contributed by atoms with Crippen molar-refractivity contribution < 1.29 is 0 Å². The number of hydrogen-bond acceptors (Lipinski definition) is 1. The zero-order valence-electron chi connectivity index (χ0n) is 12.2. The zero-order chi connectivity index (χ0) is 13.1. The third-order valence-corrected chi connectivity index (χ3v) is 5.37. The molecule has 1 heterocycles. The largest absolute Gasteiger partial charge is 0.316 e. The number of benzene rings is 1. The second-order valence-corrected chi connectivity index (χ2v) is 6.60. The van der Waals surface area contributed by atoms with E-state index in [1.165, 1.54) is 51.6 Å². The molecule has 0 bridgehead atoms. The number of fused-ring (bicyclic) bond motifs is 1. The van der Waals surface area contributed by atoms with Gasteiger partial charge in [0.2, 0.25) is 0 Å². The molecular formula is C18H27N. The molecule has 1 heteroatoms. The predicted octanol–water partition coefficient (Wildman–Crippen LogP) is 4.13. The van der Waals surface area contributed by atoms with Crippen LogP contribution in [-0.2, 0) is 6.42 Å². The van der Waals surface area contributed by atoms with Crippen LogP contribution in [0, 0.1) is 11.8 Å². The summed E-state index contributed by atoms with van der Waals surface area (Å²) in [7, 11) is 0. The normalized spacial score (nSPS) is 30.9. The fourth-order valence-corrected chi connectivity index (χ4v) is 4.01. The Morgan fingerprint density at radius 1 is 1.16 bits per heavy atom. The first-order valence-corrected chi connectivity index (χ1v) is 8.13. The number of piperidine rings is 1. The van der Waals surface area contributed by atoms with Crippen molar-refractivity contribution in [2.24, 2.45) is 11.8 Å². The van der Waals surface area contributed by atoms with Crippen LogP contribution in [-0.4, -0.2) is 13.1 Å². The zero-order valence-corrected chi connectivity index (χ0v) is 12.2. The molecule has 1 fully saturated rings. The highest BCUT2D eigenvalue weighted by molar-refractivity contribution is 5.32. The highest BCUT2D eigenvalue weighted by Crippen LogP contribution is 2.36. The van der Waals surface area contributed by atoms with Gasteiger partial charge in [-0.2, -0.15) is 0 Å². The average molecular weight is 257 g/mol. The van der Waals surface area contributed by atoms with Crippen molar-refractivity contribution in [3.8, 4) is 0 Å². The van der Waals surface area contributed by atoms with Gasteiger partial charge in [0.25, 0.3) is 0 Å². The van der Waals surface area contributed by atoms with Crippen LogP contribution in [0.3, 0.4) is 0 Å². The molecule has 0 radical (unpaired) electrons. The Balaban J connectivity index is 1.61. The SMILES string of the molecule is CC1CCNCC1CCC1CCCc2ccccc21. The van der Waals surface area contributed by atoms with Gasteiger partial charge in [-0.25, -0.2) is 0 Å². The van der Waals surface area contributed by atoms with Gasteiger partial charge in [0, 0.05) is 0 Å². The molecule has 3 atom stereocenters. The lowest BCUT2D eigenvalue weighted by atomic mass is 9.77. The molecule has 1 aromatic rings. The second-order valence-electron chi connectivity index (χ2n) is 6.60. The summed E-state index contributed by atoms with van der Waals surface area (Å²) in [6.45, 7) is 4.92. The smallest absolute Gasteiger partial charge is 0.00180 e. The van der Waals surface area contributed by atoms with Crippen molar-refractivity contribution in [3.05, 3.63) is 35.4 Å². The summed E-state index contributed by atoms with van der Waals surface area (Å²) in [5, 5.41) is 3.57. The average Bonchev–Trinajstić information content (AvgIpc) is 2.46. The van der Waals surface area contributed by atoms with Crippen LogP contribution >= 0.6 is 0 Å². The predicted molar refractivity (Wildman–Crippen MR) is 81.5 cm³/mol. The maximum Gasteiger partial charge on any atom is -0.00180 e. The Morgan fingerprint density at radius 3 is 2.95 bits per heavy atom. The monoisotopic (exact) mass is 257 g/mol. The molecule has 3 rings (SSSR count). The van der Waals surface area contributed by atoms with E-state index in [4.69, 9.17) is 0 Å². The number of aryl methyl sites for hydroxylation is 1. The summed E-state index contributed by atoms with van der Waals surface area (Å²) >= 11 is 0. The first-order valence-electron chi connectivity index (χ1n) is 8.13. The van der Waals surface area contributed by atoms with E-state index in [0.717, 1.165) is 17.8 Å². The van der Waals surface area contributed by atoms with Crippen LogP contribution in [0.4, 0.5) is 0 Å². The van der Waals surface area contributed by atoms with Gasteiger partial charge in [0.1, 0.15) is 0 Å². The number of hydrogen-bond donors (Lipinski definition) is 1. The third kappa shape index (κ3) is 3.02. The molecule has 0 amide bonds. The van der Waals surface area contributed by atoms with E-state index in [1.807, 2.05) is 0 Å². The van der Waals surface area contributed by atoms with E-state index in [1.54, 1.807) is 11.1 Å². The summed E-state index contributed by atoms with van der Waals surface area (Å²) in [4.78, 5) is 0. The number of nitrogens with one attached hydrogen (secondary N) is 1. The molecule has 1 aliphatic heterocycles. The topological polar surface area (TPSA) is 12.0 Å². The molecule has 0 saturated carbocycles. The fourth-order valence-electron chi connectivity index (χ4n) is 4.01. The highest BCUT2D eigenvalue weighted by atomic mass is 14.9. The maximum absolute atomic E-state index is 3.57. The Bertz CT molecular complexity index is 412. The molecule has 2 aliphatic rings. The summed E-state index contributed by atoms with van der Waals surface area (Å²) in [6, 6.07) is 9.14. The Morgan fingerprint density at radius 2 is 2.05 bits per heavy atom.